The van der Waals surface area contributed by atoms with Gasteiger partial charge in [-0.1, -0.05) is 0 Å². The third-order valence-corrected chi connectivity index (χ3v) is 2.61. The third kappa shape index (κ3) is 1.92. The highest BCUT2D eigenvalue weighted by Crippen LogP contribution is 2.28. The number of urea groups is 1. The smallest absolute Gasteiger partial charge is 0.326 e. The molecular formula is C11H9F3N2O2. The van der Waals surface area contributed by atoms with Crippen LogP contribution in [-0.2, 0) is 4.79 Å². The summed E-state index contributed by atoms with van der Waals surface area (Å²) in [6, 6.07) is 1.28. The zero-order valence-corrected chi connectivity index (χ0v) is 9.28. The van der Waals surface area contributed by atoms with E-state index in [2.05, 4.69) is 5.32 Å². The highest BCUT2D eigenvalue weighted by Gasteiger charge is 2.36. The molecule has 0 aliphatic carbocycles. The van der Waals surface area contributed by atoms with Crippen LogP contribution in [0.5, 0.6) is 0 Å². The molecule has 1 aliphatic rings. The molecule has 1 unspecified atom stereocenters. The summed E-state index contributed by atoms with van der Waals surface area (Å²) < 4.78 is 38.1. The summed E-state index contributed by atoms with van der Waals surface area (Å²) in [6.07, 6.45) is -3.01. The SMILES string of the molecule is CC1NC(=O)N(c2ccc(F)c(C(F)F)c2)C1=O. The fourth-order valence-electron chi connectivity index (χ4n) is 1.69. The molecule has 18 heavy (non-hydrogen) atoms. The molecule has 3 amide bonds. The van der Waals surface area contributed by atoms with E-state index >= 15 is 0 Å². The third-order valence-electron chi connectivity index (χ3n) is 2.61. The Morgan fingerprint density at radius 1 is 1.33 bits per heavy atom. The van der Waals surface area contributed by atoms with E-state index in [4.69, 9.17) is 0 Å². The largest absolute Gasteiger partial charge is 0.329 e. The number of halogens is 3. The van der Waals surface area contributed by atoms with Crippen LogP contribution in [0.15, 0.2) is 18.2 Å². The summed E-state index contributed by atoms with van der Waals surface area (Å²) in [5.74, 6) is -1.64. The Labute approximate surface area is 100 Å². The summed E-state index contributed by atoms with van der Waals surface area (Å²) in [4.78, 5) is 23.8. The van der Waals surface area contributed by atoms with Gasteiger partial charge in [-0.05, 0) is 25.1 Å². The number of hydrogen-bond acceptors (Lipinski definition) is 2. The summed E-state index contributed by atoms with van der Waals surface area (Å²) in [7, 11) is 0. The molecule has 0 spiro atoms. The van der Waals surface area contributed by atoms with Gasteiger partial charge < -0.3 is 5.32 Å². The van der Waals surface area contributed by atoms with Crippen LogP contribution < -0.4 is 10.2 Å². The summed E-state index contributed by atoms with van der Waals surface area (Å²) in [5.41, 5.74) is -0.911. The van der Waals surface area contributed by atoms with Crippen molar-refractivity contribution >= 4 is 17.6 Å². The fourth-order valence-corrected chi connectivity index (χ4v) is 1.69. The average Bonchev–Trinajstić information content (AvgIpc) is 2.54. The molecule has 7 heteroatoms. The molecular weight excluding hydrogens is 249 g/mol. The first-order valence-electron chi connectivity index (χ1n) is 5.14. The molecule has 1 saturated heterocycles. The first kappa shape index (κ1) is 12.4. The van der Waals surface area contributed by atoms with Gasteiger partial charge in [0.25, 0.3) is 12.3 Å². The quantitative estimate of drug-likeness (QED) is 0.827. The zero-order chi connectivity index (χ0) is 13.4. The van der Waals surface area contributed by atoms with Gasteiger partial charge in [-0.25, -0.2) is 22.9 Å². The number of rotatable bonds is 2. The van der Waals surface area contributed by atoms with E-state index in [1.54, 1.807) is 0 Å². The van der Waals surface area contributed by atoms with Crippen molar-refractivity contribution in [1.82, 2.24) is 5.32 Å². The van der Waals surface area contributed by atoms with Gasteiger partial charge in [0.15, 0.2) is 0 Å². The number of nitrogens with one attached hydrogen (secondary N) is 1. The number of anilines is 1. The lowest BCUT2D eigenvalue weighted by atomic mass is 10.1. The van der Waals surface area contributed by atoms with Crippen molar-refractivity contribution in [3.05, 3.63) is 29.6 Å². The number of hydrogen-bond donors (Lipinski definition) is 1. The first-order chi connectivity index (χ1) is 8.41. The Balaban J connectivity index is 2.43. The van der Waals surface area contributed by atoms with Crippen LogP contribution >= 0.6 is 0 Å². The van der Waals surface area contributed by atoms with Crippen LogP contribution in [0, 0.1) is 5.82 Å². The normalized spacial score (nSPS) is 19.6. The Hall–Kier alpha value is -2.05. The molecule has 1 heterocycles. The summed E-state index contributed by atoms with van der Waals surface area (Å²) >= 11 is 0. The van der Waals surface area contributed by atoms with Gasteiger partial charge in [-0.15, -0.1) is 0 Å². The maximum atomic E-state index is 13.1. The predicted octanol–water partition coefficient (Wildman–Crippen LogP) is 2.21. The second-order valence-corrected chi connectivity index (χ2v) is 3.85. The number of carbonyl (C=O) groups excluding carboxylic acids is 2. The van der Waals surface area contributed by atoms with Crippen LogP contribution in [0.3, 0.4) is 0 Å². The minimum absolute atomic E-state index is 0.0708. The second-order valence-electron chi connectivity index (χ2n) is 3.85. The van der Waals surface area contributed by atoms with Crippen LogP contribution in [0.2, 0.25) is 0 Å². The molecule has 0 bridgehead atoms. The second kappa shape index (κ2) is 4.32. The van der Waals surface area contributed by atoms with Crippen molar-refractivity contribution in [1.29, 1.82) is 0 Å². The van der Waals surface area contributed by atoms with Gasteiger partial charge >= 0.3 is 6.03 Å². The van der Waals surface area contributed by atoms with Gasteiger partial charge in [0, 0.05) is 0 Å². The molecule has 2 rings (SSSR count). The van der Waals surface area contributed by atoms with Crippen molar-refractivity contribution < 1.29 is 22.8 Å². The van der Waals surface area contributed by atoms with Crippen LogP contribution in [0.25, 0.3) is 0 Å². The molecule has 1 atom stereocenters. The molecule has 0 aromatic heterocycles. The van der Waals surface area contributed by atoms with Crippen molar-refractivity contribution in [3.63, 3.8) is 0 Å². The predicted molar refractivity (Wildman–Crippen MR) is 56.8 cm³/mol. The van der Waals surface area contributed by atoms with E-state index in [1.165, 1.54) is 6.92 Å². The van der Waals surface area contributed by atoms with Crippen LogP contribution in [0.4, 0.5) is 23.7 Å². The van der Waals surface area contributed by atoms with Crippen molar-refractivity contribution in [2.45, 2.75) is 19.4 Å². The number of benzene rings is 1. The molecule has 1 fully saturated rings. The lowest BCUT2D eigenvalue weighted by Gasteiger charge is -2.14. The van der Waals surface area contributed by atoms with Crippen LogP contribution in [-0.4, -0.2) is 18.0 Å². The Bertz CT molecular complexity index is 519. The van der Waals surface area contributed by atoms with Gasteiger partial charge in [0.1, 0.15) is 11.9 Å². The number of nitrogens with zero attached hydrogens (tertiary/aromatic N) is 1. The molecule has 1 aliphatic heterocycles. The van der Waals surface area contributed by atoms with E-state index in [9.17, 15) is 22.8 Å². The van der Waals surface area contributed by atoms with Crippen molar-refractivity contribution in [2.24, 2.45) is 0 Å². The van der Waals surface area contributed by atoms with Gasteiger partial charge in [-0.3, -0.25) is 4.79 Å². The molecule has 0 saturated carbocycles. The highest BCUT2D eigenvalue weighted by atomic mass is 19.3. The minimum atomic E-state index is -3.01. The lowest BCUT2D eigenvalue weighted by Crippen LogP contribution is -2.31. The Kier molecular flexibility index (Phi) is 2.98. The van der Waals surface area contributed by atoms with E-state index in [1.807, 2.05) is 0 Å². The monoisotopic (exact) mass is 258 g/mol. The summed E-state index contributed by atoms with van der Waals surface area (Å²) in [5, 5.41) is 2.33. The highest BCUT2D eigenvalue weighted by molar-refractivity contribution is 6.21. The Morgan fingerprint density at radius 2 is 2.00 bits per heavy atom. The lowest BCUT2D eigenvalue weighted by molar-refractivity contribution is -0.117. The van der Waals surface area contributed by atoms with Crippen molar-refractivity contribution in [3.8, 4) is 0 Å². The standard InChI is InChI=1S/C11H9F3N2O2/c1-5-10(17)16(11(18)15-5)6-2-3-8(12)7(4-6)9(13)14/h2-5,9H,1H3,(H,15,18). The maximum absolute atomic E-state index is 13.1. The van der Waals surface area contributed by atoms with Gasteiger partial charge in [0.05, 0.1) is 11.3 Å². The average molecular weight is 258 g/mol. The van der Waals surface area contributed by atoms with Crippen molar-refractivity contribution in [2.75, 3.05) is 4.90 Å². The first-order valence-corrected chi connectivity index (χ1v) is 5.14. The number of imide groups is 1. The van der Waals surface area contributed by atoms with E-state index < -0.39 is 35.8 Å². The van der Waals surface area contributed by atoms with Gasteiger partial charge in [0.2, 0.25) is 0 Å². The van der Waals surface area contributed by atoms with E-state index in [-0.39, 0.29) is 5.69 Å². The topological polar surface area (TPSA) is 49.4 Å². The van der Waals surface area contributed by atoms with E-state index in [0.29, 0.717) is 0 Å². The molecule has 0 radical (unpaired) electrons. The Morgan fingerprint density at radius 3 is 2.50 bits per heavy atom. The molecule has 1 N–H and O–H groups in total. The summed E-state index contributed by atoms with van der Waals surface area (Å²) in [6.45, 7) is 1.47. The molecule has 1 aromatic carbocycles. The number of carbonyl (C=O) groups is 2. The van der Waals surface area contributed by atoms with Gasteiger partial charge in [-0.2, -0.15) is 0 Å². The maximum Gasteiger partial charge on any atom is 0.329 e. The van der Waals surface area contributed by atoms with E-state index in [0.717, 1.165) is 23.1 Å². The fraction of sp³-hybridized carbons (Fsp3) is 0.273. The molecule has 1 aromatic rings. The minimum Gasteiger partial charge on any atom is -0.326 e. The molecule has 4 nitrogen and oxygen atoms in total. The number of alkyl halides is 2. The zero-order valence-electron chi connectivity index (χ0n) is 9.28. The van der Waals surface area contributed by atoms with Crippen LogP contribution in [0.1, 0.15) is 18.9 Å². The molecule has 96 valence electrons. The number of amides is 3.